The smallest absolute Gasteiger partial charge is 0.0506 e. The summed E-state index contributed by atoms with van der Waals surface area (Å²) < 4.78 is 1.13. The number of hydrogen-bond acceptors (Lipinski definition) is 2. The summed E-state index contributed by atoms with van der Waals surface area (Å²) in [5.41, 5.74) is 7.16. The van der Waals surface area contributed by atoms with E-state index in [0.717, 1.165) is 21.5 Å². The minimum atomic E-state index is 0.232. The number of aryl methyl sites for hydroxylation is 3. The third-order valence-electron chi connectivity index (χ3n) is 3.66. The molecular weight excluding hydrogens is 312 g/mol. The van der Waals surface area contributed by atoms with Crippen molar-refractivity contribution in [1.29, 1.82) is 0 Å². The summed E-state index contributed by atoms with van der Waals surface area (Å²) in [6.45, 7) is 10.6. The van der Waals surface area contributed by atoms with Crippen LogP contribution in [-0.4, -0.2) is 4.98 Å². The molecule has 0 spiro atoms. The average molecular weight is 333 g/mol. The summed E-state index contributed by atoms with van der Waals surface area (Å²) in [5, 5.41) is 3.60. The Kier molecular flexibility index (Phi) is 4.48. The van der Waals surface area contributed by atoms with Crippen molar-refractivity contribution in [3.63, 3.8) is 0 Å². The molecule has 1 aromatic heterocycles. The van der Waals surface area contributed by atoms with Gasteiger partial charge in [-0.25, -0.2) is 0 Å². The molecular formula is C17H21BrN2. The molecule has 2 aromatic rings. The minimum Gasteiger partial charge on any atom is -0.378 e. The minimum absolute atomic E-state index is 0.232. The lowest BCUT2D eigenvalue weighted by Crippen LogP contribution is -2.12. The fourth-order valence-electron chi connectivity index (χ4n) is 2.76. The molecule has 0 aliphatic carbocycles. The van der Waals surface area contributed by atoms with E-state index in [1.165, 1.54) is 16.7 Å². The SMILES string of the molecule is Cc1cc(C)c(C(C)Nc2cccc(Br)c2C)c(C)n1. The quantitative estimate of drug-likeness (QED) is 0.830. The number of hydrogen-bond donors (Lipinski definition) is 1. The molecule has 0 aliphatic rings. The maximum atomic E-state index is 4.59. The fourth-order valence-corrected chi connectivity index (χ4v) is 3.12. The predicted octanol–water partition coefficient (Wildman–Crippen LogP) is 5.25. The molecule has 0 bridgehead atoms. The second kappa shape index (κ2) is 5.96. The zero-order chi connectivity index (χ0) is 14.9. The maximum absolute atomic E-state index is 4.59. The van der Waals surface area contributed by atoms with E-state index < -0.39 is 0 Å². The molecule has 0 fully saturated rings. The Morgan fingerprint density at radius 2 is 1.85 bits per heavy atom. The van der Waals surface area contributed by atoms with Crippen molar-refractivity contribution in [3.8, 4) is 0 Å². The van der Waals surface area contributed by atoms with Gasteiger partial charge in [-0.05, 0) is 69.5 Å². The second-order valence-corrected chi connectivity index (χ2v) is 6.21. The molecule has 0 saturated carbocycles. The number of pyridine rings is 1. The predicted molar refractivity (Wildman–Crippen MR) is 89.4 cm³/mol. The van der Waals surface area contributed by atoms with Crippen LogP contribution >= 0.6 is 15.9 Å². The topological polar surface area (TPSA) is 24.9 Å². The normalized spacial score (nSPS) is 12.3. The summed E-state index contributed by atoms with van der Waals surface area (Å²) in [6, 6.07) is 8.61. The van der Waals surface area contributed by atoms with E-state index in [1.807, 2.05) is 6.92 Å². The van der Waals surface area contributed by atoms with Crippen LogP contribution in [0.2, 0.25) is 0 Å². The van der Waals surface area contributed by atoms with Crippen molar-refractivity contribution in [1.82, 2.24) is 4.98 Å². The van der Waals surface area contributed by atoms with Gasteiger partial charge in [-0.3, -0.25) is 4.98 Å². The first-order valence-electron chi connectivity index (χ1n) is 6.86. The first-order chi connectivity index (χ1) is 9.40. The van der Waals surface area contributed by atoms with Crippen LogP contribution < -0.4 is 5.32 Å². The van der Waals surface area contributed by atoms with Crippen molar-refractivity contribution in [2.75, 3.05) is 5.32 Å². The average Bonchev–Trinajstić information content (AvgIpc) is 2.33. The Bertz CT molecular complexity index is 612. The molecule has 1 unspecified atom stereocenters. The highest BCUT2D eigenvalue weighted by atomic mass is 79.9. The molecule has 3 heteroatoms. The van der Waals surface area contributed by atoms with Crippen LogP contribution in [-0.2, 0) is 0 Å². The number of nitrogens with one attached hydrogen (secondary N) is 1. The highest BCUT2D eigenvalue weighted by Gasteiger charge is 2.14. The molecule has 106 valence electrons. The molecule has 20 heavy (non-hydrogen) atoms. The van der Waals surface area contributed by atoms with Gasteiger partial charge in [-0.2, -0.15) is 0 Å². The van der Waals surface area contributed by atoms with E-state index in [1.54, 1.807) is 0 Å². The molecule has 1 N–H and O–H groups in total. The largest absolute Gasteiger partial charge is 0.378 e. The summed E-state index contributed by atoms with van der Waals surface area (Å²) in [5.74, 6) is 0. The molecule has 2 nitrogen and oxygen atoms in total. The third kappa shape index (κ3) is 3.04. The molecule has 0 radical (unpaired) electrons. The fraction of sp³-hybridized carbons (Fsp3) is 0.353. The van der Waals surface area contributed by atoms with Crippen LogP contribution in [0, 0.1) is 27.7 Å². The van der Waals surface area contributed by atoms with Crippen molar-refractivity contribution in [2.45, 2.75) is 40.7 Å². The van der Waals surface area contributed by atoms with Crippen molar-refractivity contribution in [3.05, 3.63) is 56.8 Å². The van der Waals surface area contributed by atoms with Crippen LogP contribution in [0.1, 0.15) is 41.0 Å². The number of benzene rings is 1. The Morgan fingerprint density at radius 1 is 1.15 bits per heavy atom. The first kappa shape index (κ1) is 15.0. The number of aromatic nitrogens is 1. The highest BCUT2D eigenvalue weighted by Crippen LogP contribution is 2.29. The number of anilines is 1. The van der Waals surface area contributed by atoms with Crippen LogP contribution in [0.25, 0.3) is 0 Å². The number of nitrogens with zero attached hydrogens (tertiary/aromatic N) is 1. The van der Waals surface area contributed by atoms with Crippen LogP contribution in [0.15, 0.2) is 28.7 Å². The van der Waals surface area contributed by atoms with E-state index >= 15 is 0 Å². The van der Waals surface area contributed by atoms with Gasteiger partial charge >= 0.3 is 0 Å². The third-order valence-corrected chi connectivity index (χ3v) is 4.52. The monoisotopic (exact) mass is 332 g/mol. The standard InChI is InChI=1S/C17H21BrN2/c1-10-9-11(2)19-13(4)17(10)14(5)20-16-8-6-7-15(18)12(16)3/h6-9,14,20H,1-5H3. The lowest BCUT2D eigenvalue weighted by molar-refractivity contribution is 0.841. The molecule has 1 atom stereocenters. The molecule has 0 aliphatic heterocycles. The summed E-state index contributed by atoms with van der Waals surface area (Å²) >= 11 is 3.58. The highest BCUT2D eigenvalue weighted by molar-refractivity contribution is 9.10. The van der Waals surface area contributed by atoms with Crippen LogP contribution in [0.5, 0.6) is 0 Å². The van der Waals surface area contributed by atoms with Crippen molar-refractivity contribution < 1.29 is 0 Å². The van der Waals surface area contributed by atoms with Gasteiger partial charge in [-0.15, -0.1) is 0 Å². The summed E-state index contributed by atoms with van der Waals surface area (Å²) in [7, 11) is 0. The van der Waals surface area contributed by atoms with E-state index in [9.17, 15) is 0 Å². The van der Waals surface area contributed by atoms with E-state index in [4.69, 9.17) is 0 Å². The van der Waals surface area contributed by atoms with E-state index in [0.29, 0.717) is 0 Å². The van der Waals surface area contributed by atoms with Gasteiger partial charge in [0.1, 0.15) is 0 Å². The Morgan fingerprint density at radius 3 is 2.50 bits per heavy atom. The zero-order valence-corrected chi connectivity index (χ0v) is 14.3. The number of halogens is 1. The van der Waals surface area contributed by atoms with Crippen LogP contribution in [0.4, 0.5) is 5.69 Å². The number of rotatable bonds is 3. The molecule has 2 rings (SSSR count). The van der Waals surface area contributed by atoms with E-state index in [-0.39, 0.29) is 6.04 Å². The van der Waals surface area contributed by atoms with Gasteiger partial charge in [0.2, 0.25) is 0 Å². The molecule has 0 amide bonds. The van der Waals surface area contributed by atoms with Crippen molar-refractivity contribution >= 4 is 21.6 Å². The van der Waals surface area contributed by atoms with Gasteiger partial charge in [-0.1, -0.05) is 22.0 Å². The van der Waals surface area contributed by atoms with Gasteiger partial charge in [0.25, 0.3) is 0 Å². The van der Waals surface area contributed by atoms with Gasteiger partial charge < -0.3 is 5.32 Å². The zero-order valence-electron chi connectivity index (χ0n) is 12.7. The second-order valence-electron chi connectivity index (χ2n) is 5.36. The Balaban J connectivity index is 2.33. The van der Waals surface area contributed by atoms with Gasteiger partial charge in [0, 0.05) is 21.5 Å². The van der Waals surface area contributed by atoms with Crippen molar-refractivity contribution in [2.24, 2.45) is 0 Å². The molecule has 0 saturated heterocycles. The lowest BCUT2D eigenvalue weighted by atomic mass is 10.00. The van der Waals surface area contributed by atoms with E-state index in [2.05, 4.69) is 78.2 Å². The Labute approximate surface area is 129 Å². The van der Waals surface area contributed by atoms with Crippen LogP contribution in [0.3, 0.4) is 0 Å². The maximum Gasteiger partial charge on any atom is 0.0506 e. The molecule has 1 heterocycles. The van der Waals surface area contributed by atoms with Gasteiger partial charge in [0.05, 0.1) is 6.04 Å². The Hall–Kier alpha value is -1.35. The summed E-state index contributed by atoms with van der Waals surface area (Å²) in [4.78, 5) is 4.59. The molecule has 1 aromatic carbocycles. The first-order valence-corrected chi connectivity index (χ1v) is 7.66. The van der Waals surface area contributed by atoms with Gasteiger partial charge in [0.15, 0.2) is 0 Å². The summed E-state index contributed by atoms with van der Waals surface area (Å²) in [6.07, 6.45) is 0. The lowest BCUT2D eigenvalue weighted by Gasteiger charge is -2.21.